The molecule has 3 aromatic rings. The maximum absolute atomic E-state index is 14.3. The second-order valence-electron chi connectivity index (χ2n) is 22.8. The Kier molecular flexibility index (Phi) is 25.5. The van der Waals surface area contributed by atoms with E-state index in [-0.39, 0.29) is 49.9 Å². The van der Waals surface area contributed by atoms with Crippen LogP contribution in [0.15, 0.2) is 91.0 Å². The highest BCUT2D eigenvalue weighted by molar-refractivity contribution is 5.97. The summed E-state index contributed by atoms with van der Waals surface area (Å²) in [5.74, 6) is -6.14. The zero-order chi connectivity index (χ0) is 58.5. The van der Waals surface area contributed by atoms with E-state index in [9.17, 15) is 43.2 Å². The second-order valence-corrected chi connectivity index (χ2v) is 22.8. The van der Waals surface area contributed by atoms with Crippen LogP contribution in [0.2, 0.25) is 0 Å². The van der Waals surface area contributed by atoms with Gasteiger partial charge in [-0.3, -0.25) is 33.6 Å². The van der Waals surface area contributed by atoms with E-state index in [1.54, 1.807) is 127 Å². The fourth-order valence-electron chi connectivity index (χ4n) is 8.34. The van der Waals surface area contributed by atoms with Crippen LogP contribution >= 0.6 is 0 Å². The van der Waals surface area contributed by atoms with Gasteiger partial charge in [-0.2, -0.15) is 0 Å². The summed E-state index contributed by atoms with van der Waals surface area (Å²) in [4.78, 5) is 124. The van der Waals surface area contributed by atoms with Gasteiger partial charge in [0.25, 0.3) is 0 Å². The lowest BCUT2D eigenvalue weighted by molar-refractivity contribution is -0.146. The van der Waals surface area contributed by atoms with E-state index < -0.39 is 113 Å². The summed E-state index contributed by atoms with van der Waals surface area (Å²) in [7, 11) is 1.22. The average Bonchev–Trinajstić information content (AvgIpc) is 3.36. The number of esters is 1. The van der Waals surface area contributed by atoms with Crippen LogP contribution in [0.4, 0.5) is 4.79 Å². The van der Waals surface area contributed by atoms with Crippen LogP contribution in [0.1, 0.15) is 132 Å². The Morgan fingerprint density at radius 1 is 0.474 bits per heavy atom. The van der Waals surface area contributed by atoms with Gasteiger partial charge in [0.15, 0.2) is 0 Å². The van der Waals surface area contributed by atoms with Crippen molar-refractivity contribution in [2.75, 3.05) is 7.11 Å². The van der Waals surface area contributed by atoms with E-state index in [1.165, 1.54) is 21.0 Å². The number of benzene rings is 3. The summed E-state index contributed by atoms with van der Waals surface area (Å²) < 4.78 is 10.3. The van der Waals surface area contributed by atoms with Crippen molar-refractivity contribution in [1.29, 1.82) is 0 Å². The van der Waals surface area contributed by atoms with Crippen molar-refractivity contribution in [1.82, 2.24) is 42.5 Å². The number of hydrogen-bond donors (Lipinski definition) is 8. The van der Waals surface area contributed by atoms with Gasteiger partial charge in [0, 0.05) is 12.8 Å². The summed E-state index contributed by atoms with van der Waals surface area (Å²) in [5, 5.41) is 22.3. The van der Waals surface area contributed by atoms with Crippen LogP contribution in [-0.2, 0) is 60.7 Å². The number of amides is 8. The smallest absolute Gasteiger partial charge is 0.408 e. The monoisotopic (exact) mass is 1080 g/mol. The predicted molar refractivity (Wildman–Crippen MR) is 298 cm³/mol. The van der Waals surface area contributed by atoms with Gasteiger partial charge in [0.2, 0.25) is 41.4 Å². The summed E-state index contributed by atoms with van der Waals surface area (Å²) in [6, 6.07) is 19.0. The first-order chi connectivity index (χ1) is 36.5. The standard InChI is InChI=1S/C59H86N8O11/c1-35(2)30-43(50(69)61-46(33-40-26-20-16-21-27-40)53(72)66-49(38(7)8)55(74)77-14)60-47(68)34-42(41-28-22-17-23-29-41)63-56(75)59(12,13)67-54(73)48(37(5)6)65-52(71)45(32-39-24-18-15-19-25-39)62-51(70)44(31-36(3)4)64-57(76)78-58(9,10)11/h15-29,35-38,42-46,48-49H,30-34H2,1-14H3,(H,60,68)(H,61,69)(H,62,70)(H,63,75)(H,64,76)(H,65,71)(H,66,72)(H,67,73)/t42-,43+,44+,45+,46+,48+,49+/m1/s1. The van der Waals surface area contributed by atoms with Crippen molar-refractivity contribution in [2.24, 2.45) is 23.7 Å². The van der Waals surface area contributed by atoms with E-state index in [0.29, 0.717) is 11.1 Å². The van der Waals surface area contributed by atoms with E-state index in [4.69, 9.17) is 9.47 Å². The molecule has 0 unspecified atom stereocenters. The SMILES string of the molecule is COC(=O)[C@@H](NC(=O)[C@H](Cc1ccccc1)NC(=O)[C@H](CC(C)C)NC(=O)C[C@@H](NC(=O)C(C)(C)NC(=O)[C@@H](NC(=O)[C@H](Cc1ccccc1)NC(=O)[C@H](CC(C)C)NC(=O)OC(C)(C)C)C(C)C)c1ccccc1)C(C)C. The molecule has 3 aromatic carbocycles. The third-order valence-corrected chi connectivity index (χ3v) is 12.5. The van der Waals surface area contributed by atoms with Crippen molar-refractivity contribution in [3.8, 4) is 0 Å². The molecule has 0 aliphatic rings. The lowest BCUT2D eigenvalue weighted by Gasteiger charge is -2.32. The van der Waals surface area contributed by atoms with E-state index in [1.807, 2.05) is 39.8 Å². The average molecular weight is 1080 g/mol. The minimum absolute atomic E-state index is 0.0283. The molecule has 0 saturated carbocycles. The molecule has 8 amide bonds. The largest absolute Gasteiger partial charge is 0.467 e. The Balaban J connectivity index is 1.85. The Morgan fingerprint density at radius 3 is 1.29 bits per heavy atom. The molecule has 0 bridgehead atoms. The number of hydrogen-bond acceptors (Lipinski definition) is 11. The van der Waals surface area contributed by atoms with Crippen LogP contribution in [-0.4, -0.2) is 108 Å². The number of rotatable bonds is 28. The van der Waals surface area contributed by atoms with Crippen molar-refractivity contribution in [2.45, 2.75) is 176 Å². The fraction of sp³-hybridized carbons (Fsp3) is 0.542. The molecule has 0 spiro atoms. The van der Waals surface area contributed by atoms with Gasteiger partial charge in [-0.05, 0) is 87.8 Å². The van der Waals surface area contributed by atoms with Crippen LogP contribution < -0.4 is 42.5 Å². The van der Waals surface area contributed by atoms with Crippen LogP contribution in [0.25, 0.3) is 0 Å². The molecule has 7 atom stereocenters. The first-order valence-electron chi connectivity index (χ1n) is 26.8. The van der Waals surface area contributed by atoms with E-state index in [2.05, 4.69) is 42.5 Å². The van der Waals surface area contributed by atoms with Gasteiger partial charge >= 0.3 is 12.1 Å². The maximum Gasteiger partial charge on any atom is 0.408 e. The van der Waals surface area contributed by atoms with Gasteiger partial charge in [0.05, 0.1) is 19.6 Å². The number of methoxy groups -OCH3 is 1. The maximum atomic E-state index is 14.3. The lowest BCUT2D eigenvalue weighted by atomic mass is 9.96. The summed E-state index contributed by atoms with van der Waals surface area (Å²) >= 11 is 0. The van der Waals surface area contributed by atoms with Gasteiger partial charge in [-0.25, -0.2) is 9.59 Å². The fourth-order valence-corrected chi connectivity index (χ4v) is 8.34. The molecular formula is C59H86N8O11. The highest BCUT2D eigenvalue weighted by atomic mass is 16.6. The van der Waals surface area contributed by atoms with Crippen molar-refractivity contribution in [3.63, 3.8) is 0 Å². The number of ether oxygens (including phenoxy) is 2. The lowest BCUT2D eigenvalue weighted by Crippen LogP contribution is -2.62. The third kappa shape index (κ3) is 22.3. The van der Waals surface area contributed by atoms with E-state index in [0.717, 1.165) is 5.56 Å². The Hall–Kier alpha value is -7.31. The van der Waals surface area contributed by atoms with Crippen LogP contribution in [0, 0.1) is 23.7 Å². The second kappa shape index (κ2) is 30.6. The molecule has 0 radical (unpaired) electrons. The Labute approximate surface area is 461 Å². The number of alkyl carbamates (subject to hydrolysis) is 1. The van der Waals surface area contributed by atoms with Crippen molar-refractivity contribution >= 4 is 53.4 Å². The number of carbonyl (C=O) groups is 9. The highest BCUT2D eigenvalue weighted by Gasteiger charge is 2.38. The van der Waals surface area contributed by atoms with Crippen molar-refractivity contribution < 1.29 is 52.6 Å². The Morgan fingerprint density at radius 2 is 0.885 bits per heavy atom. The molecule has 78 heavy (non-hydrogen) atoms. The highest BCUT2D eigenvalue weighted by Crippen LogP contribution is 2.20. The molecule has 0 heterocycles. The minimum atomic E-state index is -1.63. The normalized spacial score (nSPS) is 14.3. The zero-order valence-corrected chi connectivity index (χ0v) is 48.0. The molecule has 0 aliphatic heterocycles. The van der Waals surface area contributed by atoms with Gasteiger partial charge < -0.3 is 52.0 Å². The van der Waals surface area contributed by atoms with Gasteiger partial charge in [0.1, 0.15) is 47.4 Å². The molecule has 428 valence electrons. The predicted octanol–water partition coefficient (Wildman–Crippen LogP) is 5.51. The third-order valence-electron chi connectivity index (χ3n) is 12.5. The molecule has 0 saturated heterocycles. The Bertz CT molecular complexity index is 2460. The first-order valence-corrected chi connectivity index (χ1v) is 26.8. The summed E-state index contributed by atoms with van der Waals surface area (Å²) in [6.45, 7) is 22.5. The van der Waals surface area contributed by atoms with Crippen LogP contribution in [0.3, 0.4) is 0 Å². The molecule has 0 fully saturated rings. The quantitative estimate of drug-likeness (QED) is 0.0420. The zero-order valence-electron chi connectivity index (χ0n) is 48.0. The molecule has 0 aromatic heterocycles. The van der Waals surface area contributed by atoms with Gasteiger partial charge in [-0.15, -0.1) is 0 Å². The number of carbonyl (C=O) groups excluding carboxylic acids is 9. The van der Waals surface area contributed by atoms with E-state index >= 15 is 0 Å². The summed E-state index contributed by atoms with van der Waals surface area (Å²) in [5.41, 5.74) is -0.459. The van der Waals surface area contributed by atoms with Gasteiger partial charge in [-0.1, -0.05) is 146 Å². The molecule has 8 N–H and O–H groups in total. The topological polar surface area (TPSA) is 268 Å². The minimum Gasteiger partial charge on any atom is -0.467 e. The first kappa shape index (κ1) is 65.0. The number of nitrogens with one attached hydrogen (secondary N) is 8. The molecule has 3 rings (SSSR count). The van der Waals surface area contributed by atoms with Crippen molar-refractivity contribution in [3.05, 3.63) is 108 Å². The molecule has 19 heteroatoms. The van der Waals surface area contributed by atoms with Crippen LogP contribution in [0.5, 0.6) is 0 Å². The molecule has 0 aliphatic carbocycles. The molecular weight excluding hydrogens is 997 g/mol. The summed E-state index contributed by atoms with van der Waals surface area (Å²) in [6.07, 6.45) is -0.588. The molecule has 19 nitrogen and oxygen atoms in total.